The predicted octanol–water partition coefficient (Wildman–Crippen LogP) is 4.22. The summed E-state index contributed by atoms with van der Waals surface area (Å²) in [5.74, 6) is 2.86. The third-order valence-corrected chi connectivity index (χ3v) is 7.98. The molecule has 3 unspecified atom stereocenters. The van der Waals surface area contributed by atoms with Crippen LogP contribution in [0.15, 0.2) is 16.3 Å². The van der Waals surface area contributed by atoms with Crippen LogP contribution in [0.25, 0.3) is 6.08 Å². The van der Waals surface area contributed by atoms with Crippen molar-refractivity contribution in [3.63, 3.8) is 0 Å². The van der Waals surface area contributed by atoms with Gasteiger partial charge in [0.15, 0.2) is 5.76 Å². The average molecular weight is 313 g/mol. The minimum atomic E-state index is -0.158. The third-order valence-electron chi connectivity index (χ3n) is 7.98. The molecule has 5 rings (SSSR count). The molecule has 23 heavy (non-hydrogen) atoms. The fourth-order valence-corrected chi connectivity index (χ4v) is 7.03. The topological polar surface area (TPSA) is 46.3 Å². The van der Waals surface area contributed by atoms with E-state index in [0.29, 0.717) is 17.3 Å². The first-order valence-corrected chi connectivity index (χ1v) is 9.34. The Morgan fingerprint density at radius 2 is 2.17 bits per heavy atom. The molecule has 3 heteroatoms. The number of aliphatic hydroxyl groups is 1. The van der Waals surface area contributed by atoms with Gasteiger partial charge in [0.25, 0.3) is 0 Å². The molecule has 0 spiro atoms. The molecular weight excluding hydrogens is 286 g/mol. The van der Waals surface area contributed by atoms with Gasteiger partial charge >= 0.3 is 0 Å². The zero-order valence-electron chi connectivity index (χ0n) is 14.2. The number of nitrogens with zero attached hydrogens (tertiary/aromatic N) is 1. The van der Waals surface area contributed by atoms with E-state index in [-0.39, 0.29) is 11.5 Å². The highest BCUT2D eigenvalue weighted by molar-refractivity contribution is 5.57. The average Bonchev–Trinajstić information content (AvgIpc) is 3.08. The summed E-state index contributed by atoms with van der Waals surface area (Å²) in [7, 11) is 0. The number of aromatic nitrogens is 1. The molecule has 3 nitrogen and oxygen atoms in total. The monoisotopic (exact) mass is 313 g/mol. The summed E-state index contributed by atoms with van der Waals surface area (Å²) in [4.78, 5) is 0. The Bertz CT molecular complexity index is 677. The Labute approximate surface area is 138 Å². The van der Waals surface area contributed by atoms with E-state index in [4.69, 9.17) is 4.52 Å². The molecule has 1 N–H and O–H groups in total. The van der Waals surface area contributed by atoms with Gasteiger partial charge in [0.05, 0.1) is 12.3 Å². The summed E-state index contributed by atoms with van der Waals surface area (Å²) in [5.41, 5.74) is 3.19. The highest BCUT2D eigenvalue weighted by atomic mass is 16.5. The molecular formula is C20H27NO2. The molecule has 1 aromatic rings. The van der Waals surface area contributed by atoms with E-state index in [2.05, 4.69) is 25.1 Å². The quantitative estimate of drug-likeness (QED) is 0.780. The predicted molar refractivity (Wildman–Crippen MR) is 88.6 cm³/mol. The normalized spacial score (nSPS) is 48.0. The lowest BCUT2D eigenvalue weighted by molar-refractivity contribution is -0.114. The summed E-state index contributed by atoms with van der Waals surface area (Å²) in [6, 6.07) is 0. The number of aliphatic hydroxyl groups excluding tert-OH is 1. The summed E-state index contributed by atoms with van der Waals surface area (Å²) in [6.07, 6.45) is 12.4. The Morgan fingerprint density at radius 1 is 1.30 bits per heavy atom. The molecule has 3 fully saturated rings. The van der Waals surface area contributed by atoms with E-state index in [0.717, 1.165) is 30.9 Å². The number of hydrogen-bond acceptors (Lipinski definition) is 3. The van der Waals surface area contributed by atoms with Crippen molar-refractivity contribution < 1.29 is 9.63 Å². The smallest absolute Gasteiger partial charge is 0.162 e. The van der Waals surface area contributed by atoms with E-state index in [1.165, 1.54) is 36.8 Å². The van der Waals surface area contributed by atoms with Crippen LogP contribution in [-0.2, 0) is 6.42 Å². The molecule has 124 valence electrons. The Morgan fingerprint density at radius 3 is 3.04 bits per heavy atom. The second kappa shape index (κ2) is 4.50. The molecule has 1 heterocycles. The van der Waals surface area contributed by atoms with Crippen LogP contribution in [0, 0.1) is 28.6 Å². The standard InChI is InChI=1S/C20H27NO2/c1-19-7-3-4-15(19)14-6-5-13-8-17-12(11-21-23-17)9-20(13,2)18(14)16(22)10-19/h8,11,14-16,18,22H,3-7,9-10H2,1-2H3/t14?,15?,16-,18?,19-,20-/m0/s1. The van der Waals surface area contributed by atoms with Crippen LogP contribution in [0.2, 0.25) is 0 Å². The SMILES string of the molecule is C[C@@]12CCCC1C1CCC3=Cc4oncc4C[C@]3(C)C1[C@@H](O)C2. The molecule has 3 saturated carbocycles. The molecule has 0 saturated heterocycles. The number of fused-ring (bicyclic) bond motifs is 6. The van der Waals surface area contributed by atoms with Gasteiger partial charge in [0, 0.05) is 5.56 Å². The molecule has 0 amide bonds. The molecule has 6 atom stereocenters. The highest BCUT2D eigenvalue weighted by Crippen LogP contribution is 2.65. The highest BCUT2D eigenvalue weighted by Gasteiger charge is 2.59. The van der Waals surface area contributed by atoms with E-state index < -0.39 is 0 Å². The second-order valence-electron chi connectivity index (χ2n) is 9.13. The fraction of sp³-hybridized carbons (Fsp3) is 0.750. The van der Waals surface area contributed by atoms with E-state index in [9.17, 15) is 5.11 Å². The van der Waals surface area contributed by atoms with Crippen LogP contribution in [0.1, 0.15) is 63.7 Å². The first-order chi connectivity index (χ1) is 11.0. The first kappa shape index (κ1) is 14.3. The van der Waals surface area contributed by atoms with Gasteiger partial charge < -0.3 is 9.63 Å². The van der Waals surface area contributed by atoms with Gasteiger partial charge in [-0.1, -0.05) is 31.0 Å². The van der Waals surface area contributed by atoms with Gasteiger partial charge in [-0.3, -0.25) is 0 Å². The van der Waals surface area contributed by atoms with Crippen LogP contribution in [0.3, 0.4) is 0 Å². The number of allylic oxidation sites excluding steroid dienone is 1. The van der Waals surface area contributed by atoms with Crippen molar-refractivity contribution in [3.05, 3.63) is 23.1 Å². The van der Waals surface area contributed by atoms with Crippen molar-refractivity contribution in [2.24, 2.45) is 28.6 Å². The molecule has 1 aromatic heterocycles. The maximum Gasteiger partial charge on any atom is 0.162 e. The molecule has 0 bridgehead atoms. The summed E-state index contributed by atoms with van der Waals surface area (Å²) in [6.45, 7) is 4.84. The Balaban J connectivity index is 1.58. The van der Waals surface area contributed by atoms with Crippen LogP contribution in [0.4, 0.5) is 0 Å². The molecule has 4 aliphatic rings. The maximum absolute atomic E-state index is 11.2. The van der Waals surface area contributed by atoms with Gasteiger partial charge in [-0.2, -0.15) is 0 Å². The minimum absolute atomic E-state index is 0.0881. The van der Waals surface area contributed by atoms with Gasteiger partial charge in [0.2, 0.25) is 0 Å². The maximum atomic E-state index is 11.2. The lowest BCUT2D eigenvalue weighted by Gasteiger charge is -2.59. The molecule has 0 radical (unpaired) electrons. The third kappa shape index (κ3) is 1.77. The molecule has 0 aliphatic heterocycles. The Hall–Kier alpha value is -1.09. The van der Waals surface area contributed by atoms with E-state index in [1.807, 2.05) is 6.20 Å². The van der Waals surface area contributed by atoms with Crippen molar-refractivity contribution in [3.8, 4) is 0 Å². The van der Waals surface area contributed by atoms with Crippen molar-refractivity contribution >= 4 is 6.08 Å². The van der Waals surface area contributed by atoms with Crippen molar-refractivity contribution in [1.82, 2.24) is 5.16 Å². The Kier molecular flexibility index (Phi) is 2.79. The van der Waals surface area contributed by atoms with Crippen LogP contribution in [-0.4, -0.2) is 16.4 Å². The zero-order valence-corrected chi connectivity index (χ0v) is 14.2. The van der Waals surface area contributed by atoms with E-state index >= 15 is 0 Å². The summed E-state index contributed by atoms with van der Waals surface area (Å²) >= 11 is 0. The largest absolute Gasteiger partial charge is 0.393 e. The zero-order chi connectivity index (χ0) is 15.8. The van der Waals surface area contributed by atoms with Gasteiger partial charge in [0.1, 0.15) is 0 Å². The number of rotatable bonds is 0. The molecule has 4 aliphatic carbocycles. The lowest BCUT2D eigenvalue weighted by Crippen LogP contribution is -2.55. The minimum Gasteiger partial charge on any atom is -0.393 e. The fourth-order valence-electron chi connectivity index (χ4n) is 7.03. The van der Waals surface area contributed by atoms with Gasteiger partial charge in [-0.25, -0.2) is 0 Å². The van der Waals surface area contributed by atoms with Crippen LogP contribution in [0.5, 0.6) is 0 Å². The summed E-state index contributed by atoms with van der Waals surface area (Å²) in [5, 5.41) is 15.2. The van der Waals surface area contributed by atoms with Gasteiger partial charge in [-0.15, -0.1) is 0 Å². The van der Waals surface area contributed by atoms with Crippen molar-refractivity contribution in [1.29, 1.82) is 0 Å². The van der Waals surface area contributed by atoms with Crippen LogP contribution >= 0.6 is 0 Å². The van der Waals surface area contributed by atoms with Gasteiger partial charge in [-0.05, 0) is 73.2 Å². The number of hydrogen-bond donors (Lipinski definition) is 1. The second-order valence-corrected chi connectivity index (χ2v) is 9.13. The lowest BCUT2D eigenvalue weighted by atomic mass is 9.46. The van der Waals surface area contributed by atoms with Crippen molar-refractivity contribution in [2.75, 3.05) is 0 Å². The first-order valence-electron chi connectivity index (χ1n) is 9.34. The molecule has 0 aromatic carbocycles. The van der Waals surface area contributed by atoms with Crippen molar-refractivity contribution in [2.45, 2.75) is 64.9 Å². The van der Waals surface area contributed by atoms with E-state index in [1.54, 1.807) is 0 Å². The van der Waals surface area contributed by atoms with Crippen LogP contribution < -0.4 is 0 Å². The summed E-state index contributed by atoms with van der Waals surface area (Å²) < 4.78 is 5.41.